The second-order valence-electron chi connectivity index (χ2n) is 3.18. The van der Waals surface area contributed by atoms with Gasteiger partial charge in [-0.1, -0.05) is 23.7 Å². The Morgan fingerprint density at radius 2 is 1.93 bits per heavy atom. The summed E-state index contributed by atoms with van der Waals surface area (Å²) in [6, 6.07) is 7.98. The maximum absolute atomic E-state index is 5.94. The van der Waals surface area contributed by atoms with Crippen molar-refractivity contribution in [1.82, 2.24) is 0 Å². The van der Waals surface area contributed by atoms with E-state index in [1.54, 1.807) is 0 Å². The van der Waals surface area contributed by atoms with E-state index in [-0.39, 0.29) is 0 Å². The number of hydrogen-bond acceptors (Lipinski definition) is 1. The standard InChI is InChI=1S/C11H14Cl2S/c1-14-7-6-10(8-12)9-2-4-11(13)5-3-9/h2-5,10H,6-8H2,1H3. The number of benzene rings is 1. The predicted molar refractivity (Wildman–Crippen MR) is 67.9 cm³/mol. The molecule has 0 nitrogen and oxygen atoms in total. The Hall–Kier alpha value is 0.150. The lowest BCUT2D eigenvalue weighted by Crippen LogP contribution is -2.01. The molecule has 0 heterocycles. The molecule has 78 valence electrons. The van der Waals surface area contributed by atoms with Crippen molar-refractivity contribution in [2.24, 2.45) is 0 Å². The molecule has 14 heavy (non-hydrogen) atoms. The fourth-order valence-electron chi connectivity index (χ4n) is 1.33. The minimum atomic E-state index is 0.460. The van der Waals surface area contributed by atoms with Gasteiger partial charge in [-0.25, -0.2) is 0 Å². The van der Waals surface area contributed by atoms with Gasteiger partial charge in [0.25, 0.3) is 0 Å². The van der Waals surface area contributed by atoms with Crippen molar-refractivity contribution in [2.75, 3.05) is 17.9 Å². The third-order valence-corrected chi connectivity index (χ3v) is 3.47. The summed E-state index contributed by atoms with van der Waals surface area (Å²) in [5.41, 5.74) is 1.29. The Labute approximate surface area is 100.0 Å². The summed E-state index contributed by atoms with van der Waals surface area (Å²) < 4.78 is 0. The van der Waals surface area contributed by atoms with Gasteiger partial charge in [-0.15, -0.1) is 11.6 Å². The second kappa shape index (κ2) is 6.60. The first kappa shape index (κ1) is 12.2. The highest BCUT2D eigenvalue weighted by Gasteiger charge is 2.09. The summed E-state index contributed by atoms with van der Waals surface area (Å²) in [5, 5.41) is 0.784. The van der Waals surface area contributed by atoms with Crippen molar-refractivity contribution in [2.45, 2.75) is 12.3 Å². The van der Waals surface area contributed by atoms with Crippen LogP contribution in [0.3, 0.4) is 0 Å². The van der Waals surface area contributed by atoms with Crippen molar-refractivity contribution in [1.29, 1.82) is 0 Å². The van der Waals surface area contributed by atoms with E-state index in [0.717, 1.165) is 17.2 Å². The van der Waals surface area contributed by atoms with Crippen LogP contribution in [-0.4, -0.2) is 17.9 Å². The molecule has 0 saturated carbocycles. The summed E-state index contributed by atoms with van der Waals surface area (Å²) in [7, 11) is 0. The Bertz CT molecular complexity index is 258. The van der Waals surface area contributed by atoms with E-state index in [0.29, 0.717) is 11.8 Å². The molecule has 1 rings (SSSR count). The van der Waals surface area contributed by atoms with E-state index in [9.17, 15) is 0 Å². The smallest absolute Gasteiger partial charge is 0.0406 e. The predicted octanol–water partition coefficient (Wildman–Crippen LogP) is 4.42. The molecule has 0 bridgehead atoms. The number of thioether (sulfide) groups is 1. The fourth-order valence-corrected chi connectivity index (χ4v) is 2.31. The third-order valence-electron chi connectivity index (χ3n) is 2.20. The van der Waals surface area contributed by atoms with Crippen LogP contribution in [0.2, 0.25) is 5.02 Å². The molecule has 0 aliphatic heterocycles. The molecule has 0 aromatic heterocycles. The number of halogens is 2. The van der Waals surface area contributed by atoms with E-state index < -0.39 is 0 Å². The SMILES string of the molecule is CSCCC(CCl)c1ccc(Cl)cc1. The molecule has 1 atom stereocenters. The largest absolute Gasteiger partial charge is 0.165 e. The zero-order chi connectivity index (χ0) is 10.4. The lowest BCUT2D eigenvalue weighted by molar-refractivity contribution is 0.748. The molecule has 3 heteroatoms. The minimum absolute atomic E-state index is 0.460. The van der Waals surface area contributed by atoms with E-state index in [2.05, 4.69) is 18.4 Å². The monoisotopic (exact) mass is 248 g/mol. The first-order chi connectivity index (χ1) is 6.77. The van der Waals surface area contributed by atoms with E-state index in [1.807, 2.05) is 23.9 Å². The molecule has 0 saturated heterocycles. The fraction of sp³-hybridized carbons (Fsp3) is 0.455. The molecule has 0 spiro atoms. The Morgan fingerprint density at radius 3 is 2.43 bits per heavy atom. The third kappa shape index (κ3) is 3.72. The van der Waals surface area contributed by atoms with Gasteiger partial charge in [-0.3, -0.25) is 0 Å². The molecule has 0 aliphatic rings. The molecule has 0 fully saturated rings. The molecule has 1 aromatic carbocycles. The van der Waals surface area contributed by atoms with Crippen LogP contribution in [0.4, 0.5) is 0 Å². The zero-order valence-electron chi connectivity index (χ0n) is 8.17. The van der Waals surface area contributed by atoms with Crippen LogP contribution in [0.1, 0.15) is 17.9 Å². The van der Waals surface area contributed by atoms with Crippen LogP contribution in [-0.2, 0) is 0 Å². The first-order valence-electron chi connectivity index (χ1n) is 4.58. The Morgan fingerprint density at radius 1 is 1.29 bits per heavy atom. The van der Waals surface area contributed by atoms with Crippen LogP contribution in [0, 0.1) is 0 Å². The molecular weight excluding hydrogens is 235 g/mol. The van der Waals surface area contributed by atoms with Gasteiger partial charge >= 0.3 is 0 Å². The summed E-state index contributed by atoms with van der Waals surface area (Å²) in [6.45, 7) is 0. The summed E-state index contributed by atoms with van der Waals surface area (Å²) in [5.74, 6) is 2.30. The van der Waals surface area contributed by atoms with Gasteiger partial charge in [0.1, 0.15) is 0 Å². The van der Waals surface area contributed by atoms with E-state index in [1.165, 1.54) is 5.56 Å². The van der Waals surface area contributed by atoms with Gasteiger partial charge in [0, 0.05) is 10.9 Å². The normalized spacial score (nSPS) is 12.8. The summed E-state index contributed by atoms with van der Waals surface area (Å²) in [4.78, 5) is 0. The van der Waals surface area contributed by atoms with Crippen molar-refractivity contribution in [3.8, 4) is 0 Å². The van der Waals surface area contributed by atoms with Crippen molar-refractivity contribution in [3.05, 3.63) is 34.9 Å². The van der Waals surface area contributed by atoms with Gasteiger partial charge in [-0.2, -0.15) is 11.8 Å². The maximum atomic E-state index is 5.94. The van der Waals surface area contributed by atoms with Gasteiger partial charge in [-0.05, 0) is 42.0 Å². The molecular formula is C11H14Cl2S. The highest BCUT2D eigenvalue weighted by molar-refractivity contribution is 7.98. The summed E-state index contributed by atoms with van der Waals surface area (Å²) in [6.07, 6.45) is 3.25. The molecule has 0 aliphatic carbocycles. The topological polar surface area (TPSA) is 0 Å². The lowest BCUT2D eigenvalue weighted by atomic mass is 9.99. The molecule has 0 amide bonds. The Kier molecular flexibility index (Phi) is 5.76. The van der Waals surface area contributed by atoms with Crippen molar-refractivity contribution < 1.29 is 0 Å². The van der Waals surface area contributed by atoms with Gasteiger partial charge in [0.05, 0.1) is 0 Å². The highest BCUT2D eigenvalue weighted by atomic mass is 35.5. The summed E-state index contributed by atoms with van der Waals surface area (Å²) >= 11 is 13.6. The van der Waals surface area contributed by atoms with E-state index in [4.69, 9.17) is 23.2 Å². The lowest BCUT2D eigenvalue weighted by Gasteiger charge is -2.13. The maximum Gasteiger partial charge on any atom is 0.0406 e. The molecule has 0 radical (unpaired) electrons. The highest BCUT2D eigenvalue weighted by Crippen LogP contribution is 2.24. The van der Waals surface area contributed by atoms with Crippen LogP contribution in [0.5, 0.6) is 0 Å². The minimum Gasteiger partial charge on any atom is -0.165 e. The van der Waals surface area contributed by atoms with Crippen molar-refractivity contribution in [3.63, 3.8) is 0 Å². The van der Waals surface area contributed by atoms with E-state index >= 15 is 0 Å². The number of rotatable bonds is 5. The van der Waals surface area contributed by atoms with Gasteiger partial charge in [0.15, 0.2) is 0 Å². The zero-order valence-corrected chi connectivity index (χ0v) is 10.5. The van der Waals surface area contributed by atoms with Crippen LogP contribution in [0.25, 0.3) is 0 Å². The van der Waals surface area contributed by atoms with Gasteiger partial charge in [0.2, 0.25) is 0 Å². The molecule has 1 aromatic rings. The second-order valence-corrected chi connectivity index (χ2v) is 4.91. The Balaban J connectivity index is 2.64. The molecule has 0 N–H and O–H groups in total. The first-order valence-corrected chi connectivity index (χ1v) is 6.89. The van der Waals surface area contributed by atoms with Gasteiger partial charge < -0.3 is 0 Å². The average molecular weight is 249 g/mol. The number of alkyl halides is 1. The van der Waals surface area contributed by atoms with Crippen LogP contribution < -0.4 is 0 Å². The van der Waals surface area contributed by atoms with Crippen LogP contribution >= 0.6 is 35.0 Å². The van der Waals surface area contributed by atoms with Crippen molar-refractivity contribution >= 4 is 35.0 Å². The quantitative estimate of drug-likeness (QED) is 0.696. The number of hydrogen-bond donors (Lipinski definition) is 0. The molecule has 1 unspecified atom stereocenters. The van der Waals surface area contributed by atoms with Crippen LogP contribution in [0.15, 0.2) is 24.3 Å². The average Bonchev–Trinajstić information content (AvgIpc) is 2.21.